The second-order valence-corrected chi connectivity index (χ2v) is 8.36. The first kappa shape index (κ1) is 28.3. The number of hydrogen-bond acceptors (Lipinski definition) is 9. The topological polar surface area (TPSA) is 132 Å². The normalized spacial score (nSPS) is 14.8. The number of nitrogens with one attached hydrogen (secondary N) is 1. The number of rotatable bonds is 10. The second kappa shape index (κ2) is 12.8. The SMILES string of the molecule is CCOC(=O)c1ccc(NC(=O)CC2C(=O)N(c3ccc(C(=O)OCC)cc3)C(=S)N2CC(=O)OC)cc1. The lowest BCUT2D eigenvalue weighted by atomic mass is 10.1. The fourth-order valence-electron chi connectivity index (χ4n) is 3.71. The van der Waals surface area contributed by atoms with Gasteiger partial charge in [0.1, 0.15) is 12.6 Å². The Bertz CT molecular complexity index is 1230. The van der Waals surface area contributed by atoms with Crippen LogP contribution in [0.5, 0.6) is 0 Å². The van der Waals surface area contributed by atoms with Gasteiger partial charge in [0.15, 0.2) is 5.11 Å². The summed E-state index contributed by atoms with van der Waals surface area (Å²) in [4.78, 5) is 64.6. The van der Waals surface area contributed by atoms with Gasteiger partial charge in [0.05, 0.1) is 43.6 Å². The van der Waals surface area contributed by atoms with Crippen LogP contribution < -0.4 is 10.2 Å². The van der Waals surface area contributed by atoms with Crippen LogP contribution in [0.4, 0.5) is 11.4 Å². The molecule has 1 aliphatic heterocycles. The van der Waals surface area contributed by atoms with Gasteiger partial charge in [0, 0.05) is 5.69 Å². The van der Waals surface area contributed by atoms with Gasteiger partial charge in [-0.1, -0.05) is 0 Å². The molecule has 0 saturated carbocycles. The summed E-state index contributed by atoms with van der Waals surface area (Å²) in [5, 5.41) is 2.69. The molecule has 2 aromatic rings. The molecule has 2 aromatic carbocycles. The minimum absolute atomic E-state index is 0.0147. The fraction of sp³-hybridized carbons (Fsp3) is 0.308. The molecule has 11 nitrogen and oxygen atoms in total. The smallest absolute Gasteiger partial charge is 0.338 e. The molecule has 1 aliphatic rings. The van der Waals surface area contributed by atoms with Crippen molar-refractivity contribution < 1.29 is 38.2 Å². The molecule has 0 aromatic heterocycles. The number of hydrogen-bond donors (Lipinski definition) is 1. The number of nitrogens with zero attached hydrogens (tertiary/aromatic N) is 2. The van der Waals surface area contributed by atoms with E-state index in [1.165, 1.54) is 65.4 Å². The molecule has 1 saturated heterocycles. The summed E-state index contributed by atoms with van der Waals surface area (Å²) in [6, 6.07) is 11.1. The van der Waals surface area contributed by atoms with Crippen molar-refractivity contribution in [2.24, 2.45) is 0 Å². The molecule has 0 spiro atoms. The molecule has 0 aliphatic carbocycles. The van der Waals surface area contributed by atoms with Gasteiger partial charge in [-0.05, 0) is 74.6 Å². The van der Waals surface area contributed by atoms with E-state index in [-0.39, 0.29) is 31.3 Å². The molecule has 1 heterocycles. The molecule has 38 heavy (non-hydrogen) atoms. The largest absolute Gasteiger partial charge is 0.468 e. The Morgan fingerprint density at radius 2 is 1.42 bits per heavy atom. The van der Waals surface area contributed by atoms with Crippen LogP contribution in [0.2, 0.25) is 0 Å². The summed E-state index contributed by atoms with van der Waals surface area (Å²) in [7, 11) is 1.21. The maximum atomic E-state index is 13.4. The van der Waals surface area contributed by atoms with E-state index in [1.807, 2.05) is 0 Å². The standard InChI is InChI=1S/C26H27N3O8S/c1-4-36-24(33)16-6-10-18(11-7-16)27-21(30)14-20-23(32)29(26(38)28(20)15-22(31)35-3)19-12-8-17(9-13-19)25(34)37-5-2/h6-13,20H,4-5,14-15H2,1-3H3,(H,27,30). The minimum atomic E-state index is -1.08. The van der Waals surface area contributed by atoms with Crippen LogP contribution in [0, 0.1) is 0 Å². The fourth-order valence-corrected chi connectivity index (χ4v) is 4.09. The first-order chi connectivity index (χ1) is 18.2. The van der Waals surface area contributed by atoms with Crippen molar-refractivity contribution in [1.82, 2.24) is 4.90 Å². The number of ether oxygens (including phenoxy) is 3. The Morgan fingerprint density at radius 1 is 0.895 bits per heavy atom. The quantitative estimate of drug-likeness (QED) is 0.272. The lowest BCUT2D eigenvalue weighted by molar-refractivity contribution is -0.141. The molecule has 1 N–H and O–H groups in total. The highest BCUT2D eigenvalue weighted by Gasteiger charge is 2.45. The van der Waals surface area contributed by atoms with Crippen LogP contribution in [0.15, 0.2) is 48.5 Å². The van der Waals surface area contributed by atoms with Crippen molar-refractivity contribution >= 4 is 58.4 Å². The van der Waals surface area contributed by atoms with Gasteiger partial charge in [-0.2, -0.15) is 0 Å². The third-order valence-electron chi connectivity index (χ3n) is 5.54. The minimum Gasteiger partial charge on any atom is -0.468 e. The zero-order chi connectivity index (χ0) is 27.8. The van der Waals surface area contributed by atoms with E-state index in [0.717, 1.165) is 0 Å². The molecule has 1 unspecified atom stereocenters. The average molecular weight is 542 g/mol. The van der Waals surface area contributed by atoms with Crippen LogP contribution in [-0.2, 0) is 28.6 Å². The number of thiocarbonyl (C=S) groups is 1. The van der Waals surface area contributed by atoms with E-state index in [1.54, 1.807) is 13.8 Å². The summed E-state index contributed by atoms with van der Waals surface area (Å²) in [5.41, 5.74) is 1.39. The summed E-state index contributed by atoms with van der Waals surface area (Å²) in [6.45, 7) is 3.51. The summed E-state index contributed by atoms with van der Waals surface area (Å²) in [6.07, 6.45) is -0.312. The molecule has 3 rings (SSSR count). The Kier molecular flexibility index (Phi) is 9.49. The Labute approximate surface area is 224 Å². The number of esters is 3. The Morgan fingerprint density at radius 3 is 1.92 bits per heavy atom. The highest BCUT2D eigenvalue weighted by Crippen LogP contribution is 2.28. The van der Waals surface area contributed by atoms with E-state index in [2.05, 4.69) is 5.32 Å². The monoisotopic (exact) mass is 541 g/mol. The highest BCUT2D eigenvalue weighted by atomic mass is 32.1. The van der Waals surface area contributed by atoms with Gasteiger partial charge >= 0.3 is 17.9 Å². The van der Waals surface area contributed by atoms with Gasteiger partial charge in [0.25, 0.3) is 5.91 Å². The Balaban J connectivity index is 1.78. The molecule has 1 fully saturated rings. The van der Waals surface area contributed by atoms with Crippen LogP contribution in [0.25, 0.3) is 0 Å². The predicted molar refractivity (Wildman–Crippen MR) is 141 cm³/mol. The first-order valence-corrected chi connectivity index (χ1v) is 12.2. The van der Waals surface area contributed by atoms with Crippen molar-refractivity contribution in [2.45, 2.75) is 26.3 Å². The van der Waals surface area contributed by atoms with Crippen molar-refractivity contribution in [2.75, 3.05) is 37.1 Å². The maximum Gasteiger partial charge on any atom is 0.338 e. The van der Waals surface area contributed by atoms with E-state index >= 15 is 0 Å². The van der Waals surface area contributed by atoms with Crippen molar-refractivity contribution in [1.29, 1.82) is 0 Å². The summed E-state index contributed by atoms with van der Waals surface area (Å²) in [5.74, 6) is -2.66. The van der Waals surface area contributed by atoms with E-state index in [0.29, 0.717) is 22.5 Å². The molecule has 12 heteroatoms. The maximum absolute atomic E-state index is 13.4. The predicted octanol–water partition coefficient (Wildman–Crippen LogP) is 2.54. The summed E-state index contributed by atoms with van der Waals surface area (Å²) < 4.78 is 14.7. The molecule has 0 radical (unpaired) electrons. The van der Waals surface area contributed by atoms with Crippen molar-refractivity contribution in [3.05, 3.63) is 59.7 Å². The molecule has 1 atom stereocenters. The molecule has 200 valence electrons. The van der Waals surface area contributed by atoms with Crippen LogP contribution >= 0.6 is 12.2 Å². The lowest BCUT2D eigenvalue weighted by Crippen LogP contribution is -2.41. The summed E-state index contributed by atoms with van der Waals surface area (Å²) >= 11 is 5.49. The van der Waals surface area contributed by atoms with Gasteiger partial charge in [0.2, 0.25) is 5.91 Å². The molecule has 2 amide bonds. The molecular weight excluding hydrogens is 514 g/mol. The molecular formula is C26H27N3O8S. The number of methoxy groups -OCH3 is 1. The van der Waals surface area contributed by atoms with Crippen molar-refractivity contribution in [3.8, 4) is 0 Å². The first-order valence-electron chi connectivity index (χ1n) is 11.8. The number of anilines is 2. The van der Waals surface area contributed by atoms with Crippen molar-refractivity contribution in [3.63, 3.8) is 0 Å². The van der Waals surface area contributed by atoms with Crippen LogP contribution in [0.3, 0.4) is 0 Å². The number of carbonyl (C=O) groups excluding carboxylic acids is 5. The highest BCUT2D eigenvalue weighted by molar-refractivity contribution is 7.80. The van der Waals surface area contributed by atoms with Gasteiger partial charge in [-0.25, -0.2) is 9.59 Å². The third kappa shape index (κ3) is 6.51. The number of benzene rings is 2. The van der Waals surface area contributed by atoms with Crippen LogP contribution in [0.1, 0.15) is 41.0 Å². The molecule has 0 bridgehead atoms. The third-order valence-corrected chi connectivity index (χ3v) is 5.96. The van der Waals surface area contributed by atoms with E-state index in [4.69, 9.17) is 26.4 Å². The van der Waals surface area contributed by atoms with Gasteiger partial charge < -0.3 is 24.4 Å². The second-order valence-electron chi connectivity index (χ2n) is 7.99. The van der Waals surface area contributed by atoms with Gasteiger partial charge in [-0.15, -0.1) is 0 Å². The van der Waals surface area contributed by atoms with Crippen LogP contribution in [-0.4, -0.2) is 72.6 Å². The zero-order valence-corrected chi connectivity index (χ0v) is 21.9. The average Bonchev–Trinajstić information content (AvgIpc) is 3.13. The number of carbonyl (C=O) groups is 5. The lowest BCUT2D eigenvalue weighted by Gasteiger charge is -2.22. The van der Waals surface area contributed by atoms with Gasteiger partial charge in [-0.3, -0.25) is 19.3 Å². The van der Waals surface area contributed by atoms with E-state index in [9.17, 15) is 24.0 Å². The zero-order valence-electron chi connectivity index (χ0n) is 21.1. The number of amides is 2. The Hall–Kier alpha value is -4.32. The van der Waals surface area contributed by atoms with E-state index < -0.39 is 35.8 Å².